The molecule has 1 atom stereocenters. The first-order valence-corrected chi connectivity index (χ1v) is 9.06. The molecule has 2 aromatic rings. The lowest BCUT2D eigenvalue weighted by molar-refractivity contribution is -0.187. The van der Waals surface area contributed by atoms with Crippen LogP contribution < -0.4 is 5.56 Å². The zero-order chi connectivity index (χ0) is 16.9. The predicted octanol–water partition coefficient (Wildman–Crippen LogP) is 3.25. The summed E-state index contributed by atoms with van der Waals surface area (Å²) in [6, 6.07) is 0. The third-order valence-corrected chi connectivity index (χ3v) is 6.15. The van der Waals surface area contributed by atoms with Crippen LogP contribution >= 0.6 is 11.3 Å². The third kappa shape index (κ3) is 2.86. The third-order valence-electron chi connectivity index (χ3n) is 4.97. The SMILES string of the molecule is O=c1[nH]c(CN2CCCC(C(F)(F)F)C2)nc2sc3c(c12)CCC3. The molecule has 130 valence electrons. The number of halogens is 3. The second-order valence-corrected chi connectivity index (χ2v) is 7.75. The molecule has 4 nitrogen and oxygen atoms in total. The van der Waals surface area contributed by atoms with Gasteiger partial charge in [-0.3, -0.25) is 9.69 Å². The van der Waals surface area contributed by atoms with Crippen LogP contribution in [0.2, 0.25) is 0 Å². The molecule has 8 heteroatoms. The molecule has 1 fully saturated rings. The van der Waals surface area contributed by atoms with Gasteiger partial charge in [0.05, 0.1) is 17.8 Å². The zero-order valence-corrected chi connectivity index (χ0v) is 13.9. The molecule has 1 aliphatic carbocycles. The highest BCUT2D eigenvalue weighted by atomic mass is 32.1. The van der Waals surface area contributed by atoms with Crippen molar-refractivity contribution < 1.29 is 13.2 Å². The molecule has 1 N–H and O–H groups in total. The lowest BCUT2D eigenvalue weighted by atomic mass is 9.97. The van der Waals surface area contributed by atoms with E-state index in [1.165, 1.54) is 4.88 Å². The minimum absolute atomic E-state index is 0.0216. The van der Waals surface area contributed by atoms with Crippen LogP contribution in [0, 0.1) is 5.92 Å². The van der Waals surface area contributed by atoms with Gasteiger partial charge in [0, 0.05) is 11.4 Å². The molecule has 0 spiro atoms. The van der Waals surface area contributed by atoms with Gasteiger partial charge in [-0.05, 0) is 44.2 Å². The summed E-state index contributed by atoms with van der Waals surface area (Å²) in [5.41, 5.74) is 0.962. The number of likely N-dealkylation sites (tertiary alicyclic amines) is 1. The van der Waals surface area contributed by atoms with Gasteiger partial charge < -0.3 is 4.98 Å². The molecule has 24 heavy (non-hydrogen) atoms. The molecule has 0 amide bonds. The van der Waals surface area contributed by atoms with Crippen molar-refractivity contribution in [3.05, 3.63) is 26.6 Å². The van der Waals surface area contributed by atoms with E-state index in [4.69, 9.17) is 0 Å². The van der Waals surface area contributed by atoms with E-state index in [1.54, 1.807) is 16.2 Å². The van der Waals surface area contributed by atoms with Gasteiger partial charge in [0.25, 0.3) is 5.56 Å². The van der Waals surface area contributed by atoms with E-state index in [1.807, 2.05) is 0 Å². The first-order valence-electron chi connectivity index (χ1n) is 8.24. The van der Waals surface area contributed by atoms with E-state index >= 15 is 0 Å². The average Bonchev–Trinajstić information content (AvgIpc) is 3.06. The molecular formula is C16H18F3N3OS. The molecule has 1 saturated heterocycles. The van der Waals surface area contributed by atoms with Gasteiger partial charge in [0.15, 0.2) is 0 Å². The first kappa shape index (κ1) is 16.1. The van der Waals surface area contributed by atoms with E-state index in [0.717, 1.165) is 29.7 Å². The van der Waals surface area contributed by atoms with Crippen LogP contribution in [-0.4, -0.2) is 34.1 Å². The van der Waals surface area contributed by atoms with E-state index < -0.39 is 12.1 Å². The summed E-state index contributed by atoms with van der Waals surface area (Å²) in [6.07, 6.45) is -0.475. The number of thiophene rings is 1. The largest absolute Gasteiger partial charge is 0.393 e. The van der Waals surface area contributed by atoms with Crippen LogP contribution in [0.4, 0.5) is 13.2 Å². The van der Waals surface area contributed by atoms with Gasteiger partial charge in [-0.25, -0.2) is 4.98 Å². The first-order chi connectivity index (χ1) is 11.4. The number of fused-ring (bicyclic) bond motifs is 3. The summed E-state index contributed by atoms with van der Waals surface area (Å²) in [5, 5.41) is 0.683. The molecule has 0 bridgehead atoms. The number of alkyl halides is 3. The van der Waals surface area contributed by atoms with Crippen molar-refractivity contribution in [2.24, 2.45) is 5.92 Å². The van der Waals surface area contributed by atoms with Crippen molar-refractivity contribution in [2.75, 3.05) is 13.1 Å². The number of hydrogen-bond donors (Lipinski definition) is 1. The molecule has 2 aliphatic rings. The van der Waals surface area contributed by atoms with Gasteiger partial charge in [-0.2, -0.15) is 13.2 Å². The van der Waals surface area contributed by atoms with E-state index in [-0.39, 0.29) is 25.1 Å². The number of rotatable bonds is 2. The van der Waals surface area contributed by atoms with Gasteiger partial charge in [-0.15, -0.1) is 11.3 Å². The monoisotopic (exact) mass is 357 g/mol. The number of nitrogens with zero attached hydrogens (tertiary/aromatic N) is 2. The Morgan fingerprint density at radius 2 is 2.12 bits per heavy atom. The second-order valence-electron chi connectivity index (χ2n) is 6.67. The van der Waals surface area contributed by atoms with Crippen LogP contribution in [0.5, 0.6) is 0 Å². The predicted molar refractivity (Wildman–Crippen MR) is 86.3 cm³/mol. The van der Waals surface area contributed by atoms with Crippen molar-refractivity contribution in [2.45, 2.75) is 44.8 Å². The van der Waals surface area contributed by atoms with Crippen LogP contribution in [0.3, 0.4) is 0 Å². The summed E-state index contributed by atoms with van der Waals surface area (Å²) < 4.78 is 38.8. The van der Waals surface area contributed by atoms with Crippen LogP contribution in [-0.2, 0) is 19.4 Å². The molecule has 2 aromatic heterocycles. The maximum Gasteiger partial charge on any atom is 0.393 e. The number of H-pyrrole nitrogens is 1. The van der Waals surface area contributed by atoms with Gasteiger partial charge >= 0.3 is 6.18 Å². The van der Waals surface area contributed by atoms with Gasteiger partial charge in [0.1, 0.15) is 10.7 Å². The standard InChI is InChI=1S/C16H18F3N3OS/c17-16(18,19)9-3-2-6-22(7-9)8-12-20-14(23)13-10-4-1-5-11(10)24-15(13)21-12/h9H,1-8H2,(H,20,21,23). The van der Waals surface area contributed by atoms with Crippen molar-refractivity contribution >= 4 is 21.6 Å². The van der Waals surface area contributed by atoms with Crippen LogP contribution in [0.1, 0.15) is 35.5 Å². The molecular weight excluding hydrogens is 339 g/mol. The Bertz CT molecular complexity index is 826. The minimum atomic E-state index is -4.15. The number of piperidine rings is 1. The number of hydrogen-bond acceptors (Lipinski definition) is 4. The Hall–Kier alpha value is -1.41. The fourth-order valence-corrected chi connectivity index (χ4v) is 5.08. The smallest absolute Gasteiger partial charge is 0.309 e. The summed E-state index contributed by atoms with van der Waals surface area (Å²) in [7, 11) is 0. The van der Waals surface area contributed by atoms with Crippen molar-refractivity contribution in [3.63, 3.8) is 0 Å². The molecule has 0 aromatic carbocycles. The topological polar surface area (TPSA) is 49.0 Å². The maximum absolute atomic E-state index is 12.9. The van der Waals surface area contributed by atoms with E-state index in [2.05, 4.69) is 9.97 Å². The average molecular weight is 357 g/mol. The molecule has 1 unspecified atom stereocenters. The molecule has 1 aliphatic heterocycles. The summed E-state index contributed by atoms with van der Waals surface area (Å²) in [6.45, 7) is 0.849. The number of aromatic amines is 1. The Morgan fingerprint density at radius 3 is 2.92 bits per heavy atom. The summed E-state index contributed by atoms with van der Waals surface area (Å²) in [4.78, 5) is 23.4. The van der Waals surface area contributed by atoms with Crippen LogP contribution in [0.15, 0.2) is 4.79 Å². The Morgan fingerprint density at radius 1 is 1.29 bits per heavy atom. The number of aryl methyl sites for hydroxylation is 2. The number of aromatic nitrogens is 2. The lowest BCUT2D eigenvalue weighted by Gasteiger charge is -2.33. The second kappa shape index (κ2) is 5.84. The Labute approximate surface area is 140 Å². The molecule has 0 radical (unpaired) electrons. The van der Waals surface area contributed by atoms with Crippen molar-refractivity contribution in [3.8, 4) is 0 Å². The molecule has 0 saturated carbocycles. The van der Waals surface area contributed by atoms with Gasteiger partial charge in [0.2, 0.25) is 0 Å². The molecule has 4 rings (SSSR count). The quantitative estimate of drug-likeness (QED) is 0.898. The minimum Gasteiger partial charge on any atom is -0.309 e. The summed E-state index contributed by atoms with van der Waals surface area (Å²) in [5.74, 6) is -0.817. The highest BCUT2D eigenvalue weighted by molar-refractivity contribution is 7.18. The molecule has 3 heterocycles. The van der Waals surface area contributed by atoms with Gasteiger partial charge in [-0.1, -0.05) is 0 Å². The number of nitrogens with one attached hydrogen (secondary N) is 1. The Balaban J connectivity index is 1.58. The van der Waals surface area contributed by atoms with Crippen molar-refractivity contribution in [1.29, 1.82) is 0 Å². The normalized spacial score (nSPS) is 22.2. The zero-order valence-electron chi connectivity index (χ0n) is 13.1. The van der Waals surface area contributed by atoms with Crippen molar-refractivity contribution in [1.82, 2.24) is 14.9 Å². The van der Waals surface area contributed by atoms with Crippen LogP contribution in [0.25, 0.3) is 10.2 Å². The Kier molecular flexibility index (Phi) is 3.91. The van der Waals surface area contributed by atoms with E-state index in [9.17, 15) is 18.0 Å². The van der Waals surface area contributed by atoms with E-state index in [0.29, 0.717) is 24.2 Å². The fraction of sp³-hybridized carbons (Fsp3) is 0.625. The maximum atomic E-state index is 12.9. The fourth-order valence-electron chi connectivity index (χ4n) is 3.80. The highest BCUT2D eigenvalue weighted by Gasteiger charge is 2.41. The highest BCUT2D eigenvalue weighted by Crippen LogP contribution is 2.35. The summed E-state index contributed by atoms with van der Waals surface area (Å²) >= 11 is 1.55. The lowest BCUT2D eigenvalue weighted by Crippen LogP contribution is -2.41.